The summed E-state index contributed by atoms with van der Waals surface area (Å²) in [6.45, 7) is 7.18. The van der Waals surface area contributed by atoms with E-state index in [9.17, 15) is 14.4 Å². The van der Waals surface area contributed by atoms with Crippen LogP contribution in [0.5, 0.6) is 0 Å². The van der Waals surface area contributed by atoms with Gasteiger partial charge in [0.05, 0.1) is 0 Å². The van der Waals surface area contributed by atoms with Crippen LogP contribution < -0.4 is 10.2 Å². The lowest BCUT2D eigenvalue weighted by molar-refractivity contribution is -0.134. The predicted molar refractivity (Wildman–Crippen MR) is 113 cm³/mol. The molecule has 0 radical (unpaired) electrons. The van der Waals surface area contributed by atoms with Crippen molar-refractivity contribution in [2.75, 3.05) is 24.5 Å². The molecular formula is C23H30FN3O4. The lowest BCUT2D eigenvalue weighted by atomic mass is 9.87. The predicted octanol–water partition coefficient (Wildman–Crippen LogP) is 3.11. The van der Waals surface area contributed by atoms with Crippen molar-refractivity contribution < 1.29 is 23.5 Å². The van der Waals surface area contributed by atoms with Gasteiger partial charge in [0.2, 0.25) is 11.8 Å². The Kier molecular flexibility index (Phi) is 5.66. The summed E-state index contributed by atoms with van der Waals surface area (Å²) in [6.07, 6.45) is 2.36. The highest BCUT2D eigenvalue weighted by molar-refractivity contribution is 6.01. The summed E-state index contributed by atoms with van der Waals surface area (Å²) in [5.74, 6) is -0.695. The fraction of sp³-hybridized carbons (Fsp3) is 0.609. The van der Waals surface area contributed by atoms with E-state index in [0.717, 1.165) is 5.69 Å². The summed E-state index contributed by atoms with van der Waals surface area (Å²) in [5, 5.41) is 2.39. The van der Waals surface area contributed by atoms with Crippen molar-refractivity contribution in [1.29, 1.82) is 0 Å². The highest BCUT2D eigenvalue weighted by atomic mass is 19.1. The Hall–Kier alpha value is -2.64. The smallest absolute Gasteiger partial charge is 0.410 e. The van der Waals surface area contributed by atoms with Gasteiger partial charge in [-0.15, -0.1) is 0 Å². The Balaban J connectivity index is 1.45. The van der Waals surface area contributed by atoms with Gasteiger partial charge in [0.1, 0.15) is 17.5 Å². The number of piperidine rings is 2. The molecule has 0 unspecified atom stereocenters. The van der Waals surface area contributed by atoms with Crippen LogP contribution in [-0.4, -0.2) is 54.1 Å². The second kappa shape index (κ2) is 8.13. The van der Waals surface area contributed by atoms with Gasteiger partial charge in [-0.25, -0.2) is 9.18 Å². The highest BCUT2D eigenvalue weighted by Crippen LogP contribution is 2.39. The minimum atomic E-state index is -0.533. The van der Waals surface area contributed by atoms with E-state index in [1.165, 1.54) is 0 Å². The molecular weight excluding hydrogens is 401 g/mol. The molecule has 8 heteroatoms. The zero-order chi connectivity index (χ0) is 22.3. The molecule has 3 aliphatic rings. The summed E-state index contributed by atoms with van der Waals surface area (Å²) in [7, 11) is 0. The third-order valence-corrected chi connectivity index (χ3v) is 6.33. The van der Waals surface area contributed by atoms with Crippen LogP contribution >= 0.6 is 0 Å². The molecule has 1 N–H and O–H groups in total. The molecule has 0 aromatic heterocycles. The number of nitrogens with one attached hydrogen (secondary N) is 1. The first-order valence-electron chi connectivity index (χ1n) is 11.0. The van der Waals surface area contributed by atoms with Crippen molar-refractivity contribution in [3.05, 3.63) is 29.1 Å². The zero-order valence-electron chi connectivity index (χ0n) is 18.4. The molecule has 7 nitrogen and oxygen atoms in total. The number of likely N-dealkylation sites (tertiary alicyclic amines) is 1. The summed E-state index contributed by atoms with van der Waals surface area (Å²) in [6, 6.07) is 3.30. The SMILES string of the molecule is CC(C)(C)OC(=O)N1CCC(c2ccc3c(c2F)CCN3[C@@H]2CCC(=O)NC2=O)CC1. The zero-order valence-corrected chi connectivity index (χ0v) is 18.4. The number of imide groups is 1. The molecule has 0 bridgehead atoms. The molecule has 2 saturated heterocycles. The van der Waals surface area contributed by atoms with Crippen molar-refractivity contribution >= 4 is 23.6 Å². The maximum Gasteiger partial charge on any atom is 0.410 e. The van der Waals surface area contributed by atoms with E-state index in [4.69, 9.17) is 4.74 Å². The second-order valence-electron chi connectivity index (χ2n) is 9.62. The number of fused-ring (bicyclic) bond motifs is 1. The lowest BCUT2D eigenvalue weighted by Crippen LogP contribution is -2.52. The molecule has 1 aromatic rings. The van der Waals surface area contributed by atoms with Crippen LogP contribution in [0.2, 0.25) is 0 Å². The number of hydrogen-bond donors (Lipinski definition) is 1. The number of nitrogens with zero attached hydrogens (tertiary/aromatic N) is 2. The van der Waals surface area contributed by atoms with Gasteiger partial charge in [-0.1, -0.05) is 6.07 Å². The van der Waals surface area contributed by atoms with Crippen LogP contribution in [0.25, 0.3) is 0 Å². The number of anilines is 1. The monoisotopic (exact) mass is 431 g/mol. The lowest BCUT2D eigenvalue weighted by Gasteiger charge is -2.34. The van der Waals surface area contributed by atoms with Crippen molar-refractivity contribution in [3.63, 3.8) is 0 Å². The fourth-order valence-corrected chi connectivity index (χ4v) is 4.81. The Bertz CT molecular complexity index is 903. The molecule has 1 aromatic carbocycles. The van der Waals surface area contributed by atoms with E-state index in [1.807, 2.05) is 37.8 Å². The van der Waals surface area contributed by atoms with Crippen LogP contribution in [0, 0.1) is 5.82 Å². The van der Waals surface area contributed by atoms with Crippen LogP contribution in [0.3, 0.4) is 0 Å². The number of hydrogen-bond acceptors (Lipinski definition) is 5. The van der Waals surface area contributed by atoms with Crippen LogP contribution in [-0.2, 0) is 20.7 Å². The van der Waals surface area contributed by atoms with Gasteiger partial charge >= 0.3 is 6.09 Å². The quantitative estimate of drug-likeness (QED) is 0.728. The molecule has 0 aliphatic carbocycles. The van der Waals surface area contributed by atoms with E-state index in [2.05, 4.69) is 5.32 Å². The van der Waals surface area contributed by atoms with E-state index in [-0.39, 0.29) is 29.6 Å². The van der Waals surface area contributed by atoms with Gasteiger partial charge < -0.3 is 14.5 Å². The minimum Gasteiger partial charge on any atom is -0.444 e. The van der Waals surface area contributed by atoms with Crippen LogP contribution in [0.4, 0.5) is 14.9 Å². The molecule has 0 spiro atoms. The molecule has 1 atom stereocenters. The topological polar surface area (TPSA) is 79.0 Å². The molecule has 3 amide bonds. The first kappa shape index (κ1) is 21.6. The second-order valence-corrected chi connectivity index (χ2v) is 9.62. The Morgan fingerprint density at radius 3 is 2.45 bits per heavy atom. The van der Waals surface area contributed by atoms with Gasteiger partial charge in [0.25, 0.3) is 0 Å². The molecule has 31 heavy (non-hydrogen) atoms. The van der Waals surface area contributed by atoms with Crippen LogP contribution in [0.1, 0.15) is 63.5 Å². The summed E-state index contributed by atoms with van der Waals surface area (Å²) < 4.78 is 20.9. The fourth-order valence-electron chi connectivity index (χ4n) is 4.81. The van der Waals surface area contributed by atoms with Gasteiger partial charge in [0, 0.05) is 37.3 Å². The number of amides is 3. The molecule has 0 saturated carbocycles. The van der Waals surface area contributed by atoms with E-state index >= 15 is 4.39 Å². The first-order valence-corrected chi connectivity index (χ1v) is 11.0. The summed E-state index contributed by atoms with van der Waals surface area (Å²) >= 11 is 0. The van der Waals surface area contributed by atoms with Gasteiger partial charge in [-0.2, -0.15) is 0 Å². The minimum absolute atomic E-state index is 0.0497. The van der Waals surface area contributed by atoms with Crippen LogP contribution in [0.15, 0.2) is 12.1 Å². The average Bonchev–Trinajstić information content (AvgIpc) is 3.12. The standard InChI is InChI=1S/C23H30FN3O4/c1-23(2,3)31-22(30)26-11-8-14(9-12-26)15-4-5-17-16(20(15)24)10-13-27(17)18-6-7-19(28)25-21(18)29/h4-5,14,18H,6-13H2,1-3H3,(H,25,28,29)/t18-/m1/s1. The normalized spacial score (nSPS) is 22.4. The Morgan fingerprint density at radius 2 is 1.81 bits per heavy atom. The van der Waals surface area contributed by atoms with E-state index in [1.54, 1.807) is 4.90 Å². The highest BCUT2D eigenvalue weighted by Gasteiger charge is 2.37. The third-order valence-electron chi connectivity index (χ3n) is 6.33. The molecule has 3 heterocycles. The number of carbonyl (C=O) groups is 3. The number of carbonyl (C=O) groups excluding carboxylic acids is 3. The summed E-state index contributed by atoms with van der Waals surface area (Å²) in [4.78, 5) is 39.6. The van der Waals surface area contributed by atoms with Crippen molar-refractivity contribution in [1.82, 2.24) is 10.2 Å². The average molecular weight is 432 g/mol. The Morgan fingerprint density at radius 1 is 1.10 bits per heavy atom. The largest absolute Gasteiger partial charge is 0.444 e. The Labute approximate surface area is 181 Å². The van der Waals surface area contributed by atoms with Crippen molar-refractivity contribution in [2.45, 2.75) is 70.4 Å². The van der Waals surface area contributed by atoms with Gasteiger partial charge in [-0.05, 0) is 64.0 Å². The number of ether oxygens (including phenoxy) is 1. The maximum atomic E-state index is 15.4. The van der Waals surface area contributed by atoms with E-state index in [0.29, 0.717) is 62.9 Å². The van der Waals surface area contributed by atoms with Crippen molar-refractivity contribution in [3.8, 4) is 0 Å². The van der Waals surface area contributed by atoms with E-state index < -0.39 is 11.6 Å². The number of rotatable bonds is 2. The molecule has 3 aliphatic heterocycles. The van der Waals surface area contributed by atoms with Gasteiger partial charge in [-0.3, -0.25) is 14.9 Å². The summed E-state index contributed by atoms with van der Waals surface area (Å²) in [5.41, 5.74) is 1.56. The molecule has 4 rings (SSSR count). The third kappa shape index (κ3) is 4.38. The molecule has 2 fully saturated rings. The number of benzene rings is 1. The first-order chi connectivity index (χ1) is 14.6. The van der Waals surface area contributed by atoms with Gasteiger partial charge in [0.15, 0.2) is 0 Å². The van der Waals surface area contributed by atoms with Crippen molar-refractivity contribution in [2.24, 2.45) is 0 Å². The molecule has 168 valence electrons. The maximum absolute atomic E-state index is 15.4. The number of halogens is 1.